The summed E-state index contributed by atoms with van der Waals surface area (Å²) in [4.78, 5) is 12.7. The number of carbonyl (C=O) groups excluding carboxylic acids is 1. The molecule has 0 aromatic heterocycles. The lowest BCUT2D eigenvalue weighted by atomic mass is 10.2. The topological polar surface area (TPSA) is 84.9 Å². The molecule has 0 aliphatic rings. The second-order valence-corrected chi connectivity index (χ2v) is 8.60. The number of rotatable bonds is 9. The molecule has 2 rings (SSSR count). The first-order chi connectivity index (χ1) is 13.7. The van der Waals surface area contributed by atoms with Gasteiger partial charge in [-0.3, -0.25) is 9.10 Å². The van der Waals surface area contributed by atoms with Gasteiger partial charge in [0.2, 0.25) is 5.91 Å². The van der Waals surface area contributed by atoms with Crippen molar-refractivity contribution < 1.29 is 22.7 Å². The summed E-state index contributed by atoms with van der Waals surface area (Å²) < 4.78 is 38.6. The molecule has 7 nitrogen and oxygen atoms in total. The number of ether oxygens (including phenoxy) is 2. The maximum atomic E-state index is 13.5. The summed E-state index contributed by atoms with van der Waals surface area (Å²) in [6.45, 7) is 5.29. The van der Waals surface area contributed by atoms with Crippen LogP contribution in [0, 0.1) is 6.92 Å². The maximum absolute atomic E-state index is 13.5. The predicted molar refractivity (Wildman–Crippen MR) is 113 cm³/mol. The van der Waals surface area contributed by atoms with E-state index in [9.17, 15) is 13.2 Å². The zero-order valence-electron chi connectivity index (χ0n) is 17.4. The summed E-state index contributed by atoms with van der Waals surface area (Å²) in [6, 6.07) is 11.2. The van der Waals surface area contributed by atoms with Gasteiger partial charge in [-0.1, -0.05) is 24.6 Å². The van der Waals surface area contributed by atoms with E-state index in [0.717, 1.165) is 16.3 Å². The van der Waals surface area contributed by atoms with E-state index < -0.39 is 15.9 Å². The van der Waals surface area contributed by atoms with Crippen molar-refractivity contribution in [3.63, 3.8) is 0 Å². The lowest BCUT2D eigenvalue weighted by Crippen LogP contribution is -2.43. The Morgan fingerprint density at radius 1 is 1.10 bits per heavy atom. The molecule has 0 bridgehead atoms. The Morgan fingerprint density at radius 3 is 2.31 bits per heavy atom. The Morgan fingerprint density at radius 2 is 1.76 bits per heavy atom. The van der Waals surface area contributed by atoms with Crippen molar-refractivity contribution in [2.24, 2.45) is 0 Å². The molecule has 8 heteroatoms. The number of nitrogens with zero attached hydrogens (tertiary/aromatic N) is 1. The number of sulfonamides is 1. The number of anilines is 1. The Labute approximate surface area is 172 Å². The highest BCUT2D eigenvalue weighted by molar-refractivity contribution is 7.92. The maximum Gasteiger partial charge on any atom is 0.264 e. The molecule has 29 heavy (non-hydrogen) atoms. The molecule has 158 valence electrons. The standard InChI is InChI=1S/C21H28N2O5S/c1-6-16(3)22-21(24)14-23(19-13-17(27-4)9-12-20(19)28-5)29(25,26)18-10-7-15(2)8-11-18/h7-13,16H,6,14H2,1-5H3,(H,22,24)/t16-/m0/s1. The molecule has 2 aromatic rings. The van der Waals surface area contributed by atoms with Crippen molar-refractivity contribution in [1.82, 2.24) is 5.32 Å². The van der Waals surface area contributed by atoms with Crippen LogP contribution in [0.5, 0.6) is 11.5 Å². The predicted octanol–water partition coefficient (Wildman–Crippen LogP) is 3.12. The highest BCUT2D eigenvalue weighted by Crippen LogP contribution is 2.35. The fourth-order valence-electron chi connectivity index (χ4n) is 2.68. The second-order valence-electron chi connectivity index (χ2n) is 6.74. The summed E-state index contributed by atoms with van der Waals surface area (Å²) in [7, 11) is -1.10. The van der Waals surface area contributed by atoms with Gasteiger partial charge in [-0.05, 0) is 44.5 Å². The van der Waals surface area contributed by atoms with Gasteiger partial charge in [-0.15, -0.1) is 0 Å². The van der Waals surface area contributed by atoms with Gasteiger partial charge in [0.05, 0.1) is 24.8 Å². The zero-order chi connectivity index (χ0) is 21.6. The molecule has 0 heterocycles. The number of aryl methyl sites for hydroxylation is 1. The summed E-state index contributed by atoms with van der Waals surface area (Å²) in [5.41, 5.74) is 1.16. The number of carbonyl (C=O) groups is 1. The number of nitrogens with one attached hydrogen (secondary N) is 1. The summed E-state index contributed by atoms with van der Waals surface area (Å²) in [5, 5.41) is 2.81. The molecule has 0 aliphatic heterocycles. The minimum absolute atomic E-state index is 0.0707. The number of hydrogen-bond acceptors (Lipinski definition) is 5. The van der Waals surface area contributed by atoms with Crippen LogP contribution in [0.1, 0.15) is 25.8 Å². The van der Waals surface area contributed by atoms with E-state index in [1.54, 1.807) is 30.3 Å². The van der Waals surface area contributed by atoms with Gasteiger partial charge in [0.25, 0.3) is 10.0 Å². The summed E-state index contributed by atoms with van der Waals surface area (Å²) in [6.07, 6.45) is 0.735. The molecule has 0 unspecified atom stereocenters. The minimum Gasteiger partial charge on any atom is -0.497 e. The van der Waals surface area contributed by atoms with Gasteiger partial charge in [-0.2, -0.15) is 0 Å². The van der Waals surface area contributed by atoms with Crippen molar-refractivity contribution in [2.75, 3.05) is 25.1 Å². The Bertz CT molecular complexity index is 942. The first-order valence-corrected chi connectivity index (χ1v) is 10.8. The molecule has 0 saturated heterocycles. The van der Waals surface area contributed by atoms with E-state index in [0.29, 0.717) is 11.5 Å². The van der Waals surface area contributed by atoms with Crippen LogP contribution in [0.4, 0.5) is 5.69 Å². The molecular weight excluding hydrogens is 392 g/mol. The fraction of sp³-hybridized carbons (Fsp3) is 0.381. The highest BCUT2D eigenvalue weighted by Gasteiger charge is 2.30. The van der Waals surface area contributed by atoms with Gasteiger partial charge in [0.15, 0.2) is 0 Å². The van der Waals surface area contributed by atoms with Crippen molar-refractivity contribution in [3.05, 3.63) is 48.0 Å². The summed E-state index contributed by atoms with van der Waals surface area (Å²) >= 11 is 0. The van der Waals surface area contributed by atoms with Gasteiger partial charge in [0.1, 0.15) is 18.0 Å². The average molecular weight is 421 g/mol. The van der Waals surface area contributed by atoms with E-state index in [2.05, 4.69) is 5.32 Å². The molecule has 1 atom stereocenters. The smallest absolute Gasteiger partial charge is 0.264 e. The Balaban J connectivity index is 2.57. The van der Waals surface area contributed by atoms with E-state index in [-0.39, 0.29) is 23.2 Å². The normalized spacial score (nSPS) is 12.2. The van der Waals surface area contributed by atoms with E-state index in [1.807, 2.05) is 20.8 Å². The van der Waals surface area contributed by atoms with Crippen molar-refractivity contribution in [2.45, 2.75) is 38.1 Å². The fourth-order valence-corrected chi connectivity index (χ4v) is 4.11. The lowest BCUT2D eigenvalue weighted by molar-refractivity contribution is -0.120. The van der Waals surface area contributed by atoms with Crippen LogP contribution >= 0.6 is 0 Å². The first kappa shape index (κ1) is 22.5. The molecule has 0 spiro atoms. The summed E-state index contributed by atoms with van der Waals surface area (Å²) in [5.74, 6) is 0.366. The molecule has 0 radical (unpaired) electrons. The van der Waals surface area contributed by atoms with Gasteiger partial charge in [-0.25, -0.2) is 8.42 Å². The third-order valence-electron chi connectivity index (χ3n) is 4.57. The molecule has 2 aromatic carbocycles. The number of methoxy groups -OCH3 is 2. The van der Waals surface area contributed by atoms with Crippen molar-refractivity contribution in [3.8, 4) is 11.5 Å². The lowest BCUT2D eigenvalue weighted by Gasteiger charge is -2.26. The monoisotopic (exact) mass is 420 g/mol. The van der Waals surface area contributed by atoms with Crippen LogP contribution in [0.25, 0.3) is 0 Å². The van der Waals surface area contributed by atoms with Gasteiger partial charge in [0, 0.05) is 12.1 Å². The highest BCUT2D eigenvalue weighted by atomic mass is 32.2. The second kappa shape index (κ2) is 9.65. The van der Waals surface area contributed by atoms with E-state index in [4.69, 9.17) is 9.47 Å². The average Bonchev–Trinajstić information content (AvgIpc) is 2.71. The number of benzene rings is 2. The molecule has 1 amide bonds. The molecule has 0 aliphatic carbocycles. The molecule has 1 N–H and O–H groups in total. The third-order valence-corrected chi connectivity index (χ3v) is 6.34. The molecule has 0 fully saturated rings. The Hall–Kier alpha value is -2.74. The third kappa shape index (κ3) is 5.41. The quantitative estimate of drug-likeness (QED) is 0.674. The van der Waals surface area contributed by atoms with Crippen molar-refractivity contribution in [1.29, 1.82) is 0 Å². The van der Waals surface area contributed by atoms with Crippen LogP contribution in [0.15, 0.2) is 47.4 Å². The minimum atomic E-state index is -4.03. The van der Waals surface area contributed by atoms with Crippen LogP contribution in [0.3, 0.4) is 0 Å². The van der Waals surface area contributed by atoms with Crippen LogP contribution in [-0.2, 0) is 14.8 Å². The largest absolute Gasteiger partial charge is 0.497 e. The van der Waals surface area contributed by atoms with E-state index >= 15 is 0 Å². The number of hydrogen-bond donors (Lipinski definition) is 1. The van der Waals surface area contributed by atoms with Crippen LogP contribution < -0.4 is 19.1 Å². The SMILES string of the molecule is CC[C@H](C)NC(=O)CN(c1cc(OC)ccc1OC)S(=O)(=O)c1ccc(C)cc1. The Kier molecular flexibility index (Phi) is 7.50. The van der Waals surface area contributed by atoms with E-state index in [1.165, 1.54) is 26.4 Å². The van der Waals surface area contributed by atoms with Crippen LogP contribution in [0.2, 0.25) is 0 Å². The van der Waals surface area contributed by atoms with Crippen LogP contribution in [-0.4, -0.2) is 41.1 Å². The zero-order valence-corrected chi connectivity index (χ0v) is 18.2. The molecule has 0 saturated carbocycles. The molecular formula is C21H28N2O5S. The number of amides is 1. The van der Waals surface area contributed by atoms with Gasteiger partial charge < -0.3 is 14.8 Å². The van der Waals surface area contributed by atoms with Crippen molar-refractivity contribution >= 4 is 21.6 Å². The van der Waals surface area contributed by atoms with Gasteiger partial charge >= 0.3 is 0 Å². The first-order valence-electron chi connectivity index (χ1n) is 9.33.